The highest BCUT2D eigenvalue weighted by atomic mass is 16.2. The van der Waals surface area contributed by atoms with Crippen molar-refractivity contribution >= 4 is 44.8 Å². The number of Topliss-reactive ketones (excluding diaryl/α,β-unsaturated/α-hetero) is 1. The Morgan fingerprint density at radius 1 is 0.408 bits per heavy atom. The molecule has 10 rings (SSSR count). The van der Waals surface area contributed by atoms with E-state index in [9.17, 15) is 0 Å². The maximum absolute atomic E-state index is 16.1. The van der Waals surface area contributed by atoms with Crippen LogP contribution in [-0.2, 0) is 25.2 Å². The van der Waals surface area contributed by atoms with E-state index >= 15 is 14.4 Å². The summed E-state index contributed by atoms with van der Waals surface area (Å²) in [4.78, 5) is 48.3. The molecule has 0 aromatic heterocycles. The summed E-state index contributed by atoms with van der Waals surface area (Å²) in [6, 6.07) is 53.3. The van der Waals surface area contributed by atoms with E-state index in [0.29, 0.717) is 5.69 Å². The summed E-state index contributed by atoms with van der Waals surface area (Å²) in [5.74, 6) is -2.67. The number of carbonyl (C=O) groups is 3. The van der Waals surface area contributed by atoms with E-state index in [2.05, 4.69) is 24.3 Å². The van der Waals surface area contributed by atoms with E-state index in [1.165, 1.54) is 4.90 Å². The highest BCUT2D eigenvalue weighted by Crippen LogP contribution is 2.72. The number of amides is 2. The number of nitrogens with zero attached hydrogens (tertiary/aromatic N) is 1. The number of fused-ring (bicyclic) bond motifs is 13. The van der Waals surface area contributed by atoms with Crippen molar-refractivity contribution in [3.8, 4) is 11.1 Å². The highest BCUT2D eigenvalue weighted by molar-refractivity contribution is 6.34. The molecule has 1 saturated heterocycles. The topological polar surface area (TPSA) is 54.5 Å². The molecular formula is C45H29NO3. The minimum Gasteiger partial charge on any atom is -0.297 e. The first-order chi connectivity index (χ1) is 24.1. The zero-order valence-corrected chi connectivity index (χ0v) is 26.4. The van der Waals surface area contributed by atoms with Gasteiger partial charge in [0.2, 0.25) is 11.8 Å². The minimum absolute atomic E-state index is 0.0957. The van der Waals surface area contributed by atoms with Gasteiger partial charge in [0.05, 0.1) is 28.4 Å². The van der Waals surface area contributed by atoms with Crippen molar-refractivity contribution in [3.05, 3.63) is 186 Å². The molecule has 4 nitrogen and oxygen atoms in total. The molecule has 1 saturated carbocycles. The Hall–Kier alpha value is -6.13. The zero-order valence-electron chi connectivity index (χ0n) is 26.4. The highest BCUT2D eigenvalue weighted by Gasteiger charge is 2.82. The van der Waals surface area contributed by atoms with Crippen LogP contribution in [0.4, 0.5) is 5.69 Å². The van der Waals surface area contributed by atoms with Gasteiger partial charge in [0, 0.05) is 5.56 Å². The lowest BCUT2D eigenvalue weighted by Gasteiger charge is -2.38. The Morgan fingerprint density at radius 3 is 1.29 bits per heavy atom. The first kappa shape index (κ1) is 27.9. The van der Waals surface area contributed by atoms with Crippen molar-refractivity contribution in [2.45, 2.75) is 10.8 Å². The van der Waals surface area contributed by atoms with Crippen molar-refractivity contribution in [1.82, 2.24) is 0 Å². The van der Waals surface area contributed by atoms with Gasteiger partial charge in [-0.1, -0.05) is 158 Å². The predicted octanol–water partition coefficient (Wildman–Crippen LogP) is 8.63. The third-order valence-corrected chi connectivity index (χ3v) is 11.4. The minimum atomic E-state index is -1.40. The fourth-order valence-electron chi connectivity index (χ4n) is 9.71. The van der Waals surface area contributed by atoms with Gasteiger partial charge in [-0.2, -0.15) is 0 Å². The van der Waals surface area contributed by atoms with Gasteiger partial charge in [-0.05, 0) is 55.4 Å². The first-order valence-electron chi connectivity index (χ1n) is 16.7. The molecule has 3 aliphatic rings. The Labute approximate surface area is 283 Å². The molecule has 49 heavy (non-hydrogen) atoms. The van der Waals surface area contributed by atoms with Crippen LogP contribution in [0.25, 0.3) is 32.7 Å². The summed E-state index contributed by atoms with van der Waals surface area (Å²) in [5.41, 5.74) is 2.62. The number of benzene rings is 7. The molecule has 1 heterocycles. The second kappa shape index (κ2) is 9.94. The molecule has 2 amide bonds. The smallest absolute Gasteiger partial charge is 0.239 e. The Kier molecular flexibility index (Phi) is 5.67. The maximum Gasteiger partial charge on any atom is 0.239 e. The van der Waals surface area contributed by atoms with Crippen LogP contribution < -0.4 is 4.90 Å². The molecule has 2 fully saturated rings. The number of hydrogen-bond acceptors (Lipinski definition) is 3. The Bertz CT molecular complexity index is 2390. The first-order valence-corrected chi connectivity index (χ1v) is 16.7. The van der Waals surface area contributed by atoms with E-state index in [4.69, 9.17) is 0 Å². The van der Waals surface area contributed by atoms with Gasteiger partial charge in [0.25, 0.3) is 0 Å². The predicted molar refractivity (Wildman–Crippen MR) is 192 cm³/mol. The van der Waals surface area contributed by atoms with Crippen LogP contribution in [0, 0.1) is 11.8 Å². The van der Waals surface area contributed by atoms with Gasteiger partial charge in [0.1, 0.15) is 0 Å². The zero-order chi connectivity index (χ0) is 32.9. The molecule has 4 atom stereocenters. The molecule has 0 unspecified atom stereocenters. The van der Waals surface area contributed by atoms with Crippen molar-refractivity contribution in [2.24, 2.45) is 11.8 Å². The number of anilines is 1. The van der Waals surface area contributed by atoms with Crippen molar-refractivity contribution in [1.29, 1.82) is 0 Å². The lowest BCUT2D eigenvalue weighted by molar-refractivity contribution is -0.130. The Balaban J connectivity index is 1.38. The van der Waals surface area contributed by atoms with Crippen molar-refractivity contribution < 1.29 is 14.4 Å². The molecule has 7 aromatic carbocycles. The number of para-hydroxylation sites is 1. The third kappa shape index (κ3) is 3.26. The number of imide groups is 1. The van der Waals surface area contributed by atoms with E-state index in [-0.39, 0.29) is 17.6 Å². The van der Waals surface area contributed by atoms with E-state index in [1.807, 2.05) is 140 Å². The van der Waals surface area contributed by atoms with E-state index in [1.54, 1.807) is 0 Å². The van der Waals surface area contributed by atoms with E-state index < -0.39 is 22.7 Å². The van der Waals surface area contributed by atoms with Gasteiger partial charge < -0.3 is 0 Å². The van der Waals surface area contributed by atoms with Crippen LogP contribution in [0.1, 0.15) is 22.3 Å². The second-order valence-electron chi connectivity index (χ2n) is 13.4. The summed E-state index contributed by atoms with van der Waals surface area (Å²) < 4.78 is 0. The van der Waals surface area contributed by atoms with Crippen LogP contribution in [-0.4, -0.2) is 17.6 Å². The van der Waals surface area contributed by atoms with Crippen LogP contribution in [0.2, 0.25) is 0 Å². The molecule has 4 heteroatoms. The van der Waals surface area contributed by atoms with Crippen LogP contribution in [0.5, 0.6) is 0 Å². The fraction of sp³-hybridized carbons (Fsp3) is 0.0889. The summed E-state index contributed by atoms with van der Waals surface area (Å²) in [7, 11) is 0. The lowest BCUT2D eigenvalue weighted by Crippen LogP contribution is -2.45. The van der Waals surface area contributed by atoms with Gasteiger partial charge in [-0.15, -0.1) is 0 Å². The number of hydrogen-bond donors (Lipinski definition) is 0. The summed E-state index contributed by atoms with van der Waals surface area (Å²) in [6.07, 6.45) is 0. The van der Waals surface area contributed by atoms with Crippen molar-refractivity contribution in [3.63, 3.8) is 0 Å². The normalized spacial score (nSPS) is 23.8. The molecule has 1 aliphatic heterocycles. The summed E-state index contributed by atoms with van der Waals surface area (Å²) in [5, 5.41) is 3.92. The van der Waals surface area contributed by atoms with Crippen LogP contribution >= 0.6 is 0 Å². The molecule has 2 aliphatic carbocycles. The summed E-state index contributed by atoms with van der Waals surface area (Å²) in [6.45, 7) is 0. The third-order valence-electron chi connectivity index (χ3n) is 11.4. The van der Waals surface area contributed by atoms with Gasteiger partial charge in [0.15, 0.2) is 5.78 Å². The molecular weight excluding hydrogens is 602 g/mol. The number of rotatable bonds is 4. The van der Waals surface area contributed by atoms with E-state index in [0.717, 1.165) is 54.9 Å². The molecule has 7 aromatic rings. The molecule has 232 valence electrons. The summed E-state index contributed by atoms with van der Waals surface area (Å²) >= 11 is 0. The van der Waals surface area contributed by atoms with Gasteiger partial charge in [-0.25, -0.2) is 4.90 Å². The average Bonchev–Trinajstić information content (AvgIpc) is 3.68. The Morgan fingerprint density at radius 2 is 0.796 bits per heavy atom. The quantitative estimate of drug-likeness (QED) is 0.144. The number of carbonyl (C=O) groups excluding carboxylic acids is 3. The average molecular weight is 632 g/mol. The van der Waals surface area contributed by atoms with Crippen LogP contribution in [0.3, 0.4) is 0 Å². The lowest BCUT2D eigenvalue weighted by atomic mass is 9.59. The maximum atomic E-state index is 16.1. The monoisotopic (exact) mass is 631 g/mol. The fourth-order valence-corrected chi connectivity index (χ4v) is 9.71. The van der Waals surface area contributed by atoms with Crippen molar-refractivity contribution in [2.75, 3.05) is 4.90 Å². The SMILES string of the molecule is O=C1[C@@H]2[C@H](C(=O)N1c1ccccc1-c1ccccc1)[C@@]1(c3ccccc3)C(=O)[C@]2(c2ccccc2)c2c1c1ccccc1c1ccccc21. The second-order valence-corrected chi connectivity index (χ2v) is 13.4. The molecule has 0 radical (unpaired) electrons. The van der Waals surface area contributed by atoms with Gasteiger partial charge in [-0.3, -0.25) is 14.4 Å². The van der Waals surface area contributed by atoms with Gasteiger partial charge >= 0.3 is 0 Å². The van der Waals surface area contributed by atoms with Crippen LogP contribution in [0.15, 0.2) is 164 Å². The molecule has 0 N–H and O–H groups in total. The molecule has 0 spiro atoms. The molecule has 2 bridgehead atoms. The standard InChI is InChI=1S/C45H29NO3/c47-41-39-40(42(48)46(41)36-27-15-14-22-31(36)28-16-4-1-5-17-28)45(30-20-8-3-9-21-30)38-35-26-13-11-24-33(35)32-23-10-12-25-34(32)37(38)44(39,43(45)49)29-18-6-2-7-19-29/h1-27,39-40H/t39-,40+,44+,45-. The largest absolute Gasteiger partial charge is 0.297 e. The number of ketones is 1.